The largest absolute Gasteiger partial charge is 0.482 e. The number of carbonyl (C=O) groups excluding carboxylic acids is 3. The Labute approximate surface area is 252 Å². The van der Waals surface area contributed by atoms with Crippen molar-refractivity contribution in [2.45, 2.75) is 64.2 Å². The van der Waals surface area contributed by atoms with E-state index in [0.717, 1.165) is 56.7 Å². The third-order valence-electron chi connectivity index (χ3n) is 8.36. The van der Waals surface area contributed by atoms with Crippen LogP contribution in [0.1, 0.15) is 75.9 Å². The predicted octanol–water partition coefficient (Wildman–Crippen LogP) is 4.91. The van der Waals surface area contributed by atoms with E-state index in [1.807, 2.05) is 35.2 Å². The number of benzene rings is 3. The molecule has 2 aliphatic heterocycles. The lowest BCUT2D eigenvalue weighted by atomic mass is 10.1. The number of nitrogens with one attached hydrogen (secondary N) is 2. The standard InChI is InChI=1S/C34H39N5O4/c35-15-3-1-2-4-16-38-20-26-9-11-28(17-27(26)21-38)36-33(41)24-7-5-23(6-8-24)19-39(29-12-13-29)34(42)25-10-14-30-31(18-25)43-22-32(40)37-30/h5-11,14,17-18,29H,1-4,12-13,15-16,19-22,35H2,(H,36,41)(H,37,40). The monoisotopic (exact) mass is 581 g/mol. The zero-order chi connectivity index (χ0) is 29.8. The molecule has 0 saturated heterocycles. The fourth-order valence-corrected chi connectivity index (χ4v) is 5.82. The van der Waals surface area contributed by atoms with Crippen LogP contribution in [-0.2, 0) is 24.4 Å². The van der Waals surface area contributed by atoms with Crippen molar-refractivity contribution in [3.8, 4) is 5.75 Å². The molecule has 1 aliphatic carbocycles. The Balaban J connectivity index is 1.04. The first-order valence-electron chi connectivity index (χ1n) is 15.3. The molecule has 0 radical (unpaired) electrons. The summed E-state index contributed by atoms with van der Waals surface area (Å²) in [5.74, 6) is 0.0704. The van der Waals surface area contributed by atoms with Crippen molar-refractivity contribution in [2.24, 2.45) is 5.73 Å². The number of ether oxygens (including phenoxy) is 1. The van der Waals surface area contributed by atoms with Gasteiger partial charge in [-0.05, 0) is 97.9 Å². The summed E-state index contributed by atoms with van der Waals surface area (Å²) in [5, 5.41) is 5.81. The van der Waals surface area contributed by atoms with Crippen LogP contribution >= 0.6 is 0 Å². The number of carbonyl (C=O) groups is 3. The van der Waals surface area contributed by atoms with Gasteiger partial charge in [0.15, 0.2) is 6.61 Å². The predicted molar refractivity (Wildman–Crippen MR) is 166 cm³/mol. The maximum Gasteiger partial charge on any atom is 0.262 e. The quantitative estimate of drug-likeness (QED) is 0.262. The van der Waals surface area contributed by atoms with Crippen molar-refractivity contribution in [3.05, 3.63) is 88.5 Å². The molecule has 4 N–H and O–H groups in total. The Morgan fingerprint density at radius 2 is 1.70 bits per heavy atom. The van der Waals surface area contributed by atoms with Gasteiger partial charge in [0, 0.05) is 42.5 Å². The van der Waals surface area contributed by atoms with E-state index in [1.165, 1.54) is 30.4 Å². The number of anilines is 2. The Morgan fingerprint density at radius 3 is 2.49 bits per heavy atom. The zero-order valence-electron chi connectivity index (χ0n) is 24.4. The normalized spacial score (nSPS) is 15.7. The highest BCUT2D eigenvalue weighted by Crippen LogP contribution is 2.33. The number of unbranched alkanes of at least 4 members (excludes halogenated alkanes) is 3. The van der Waals surface area contributed by atoms with Crippen LogP contribution in [0.4, 0.5) is 11.4 Å². The van der Waals surface area contributed by atoms with Crippen molar-refractivity contribution in [2.75, 3.05) is 30.3 Å². The molecule has 9 nitrogen and oxygen atoms in total. The highest BCUT2D eigenvalue weighted by molar-refractivity contribution is 6.04. The Bertz CT molecular complexity index is 1500. The van der Waals surface area contributed by atoms with E-state index in [0.29, 0.717) is 29.1 Å². The van der Waals surface area contributed by atoms with Gasteiger partial charge in [-0.25, -0.2) is 0 Å². The highest BCUT2D eigenvalue weighted by atomic mass is 16.5. The summed E-state index contributed by atoms with van der Waals surface area (Å²) >= 11 is 0. The van der Waals surface area contributed by atoms with Gasteiger partial charge in [-0.1, -0.05) is 31.0 Å². The molecule has 2 heterocycles. The number of hydrogen-bond donors (Lipinski definition) is 3. The van der Waals surface area contributed by atoms with Gasteiger partial charge < -0.3 is 26.0 Å². The number of nitrogens with zero attached hydrogens (tertiary/aromatic N) is 2. The van der Waals surface area contributed by atoms with Gasteiger partial charge in [0.05, 0.1) is 5.69 Å². The van der Waals surface area contributed by atoms with Crippen LogP contribution in [0, 0.1) is 0 Å². The molecule has 9 heteroatoms. The summed E-state index contributed by atoms with van der Waals surface area (Å²) in [6, 6.07) is 19.0. The summed E-state index contributed by atoms with van der Waals surface area (Å²) in [6.45, 7) is 4.12. The van der Waals surface area contributed by atoms with Gasteiger partial charge in [0.1, 0.15) is 5.75 Å². The minimum Gasteiger partial charge on any atom is -0.482 e. The van der Waals surface area contributed by atoms with Crippen LogP contribution in [0.2, 0.25) is 0 Å². The van der Waals surface area contributed by atoms with E-state index in [-0.39, 0.29) is 30.4 Å². The first-order valence-corrected chi connectivity index (χ1v) is 15.3. The number of amides is 3. The molecule has 1 saturated carbocycles. The maximum absolute atomic E-state index is 13.5. The second-order valence-corrected chi connectivity index (χ2v) is 11.8. The lowest BCUT2D eigenvalue weighted by molar-refractivity contribution is -0.118. The molecule has 0 bridgehead atoms. The van der Waals surface area contributed by atoms with Gasteiger partial charge in [0.2, 0.25) is 0 Å². The van der Waals surface area contributed by atoms with Crippen LogP contribution in [0.3, 0.4) is 0 Å². The molecule has 1 fully saturated rings. The van der Waals surface area contributed by atoms with E-state index in [9.17, 15) is 14.4 Å². The van der Waals surface area contributed by atoms with Crippen LogP contribution in [0.15, 0.2) is 60.7 Å². The summed E-state index contributed by atoms with van der Waals surface area (Å²) in [7, 11) is 0. The molecule has 0 spiro atoms. The summed E-state index contributed by atoms with van der Waals surface area (Å²) in [4.78, 5) is 42.4. The molecular weight excluding hydrogens is 542 g/mol. The van der Waals surface area contributed by atoms with Crippen molar-refractivity contribution < 1.29 is 19.1 Å². The smallest absolute Gasteiger partial charge is 0.262 e. The van der Waals surface area contributed by atoms with Crippen LogP contribution in [-0.4, -0.2) is 53.3 Å². The van der Waals surface area contributed by atoms with Crippen molar-refractivity contribution in [1.29, 1.82) is 0 Å². The van der Waals surface area contributed by atoms with E-state index in [4.69, 9.17) is 10.5 Å². The second-order valence-electron chi connectivity index (χ2n) is 11.8. The summed E-state index contributed by atoms with van der Waals surface area (Å²) in [5.41, 5.74) is 11.6. The Hall–Kier alpha value is -4.21. The first kappa shape index (κ1) is 28.9. The highest BCUT2D eigenvalue weighted by Gasteiger charge is 2.33. The molecule has 3 aliphatic rings. The van der Waals surface area contributed by atoms with E-state index in [1.54, 1.807) is 18.2 Å². The first-order chi connectivity index (χ1) is 21.0. The van der Waals surface area contributed by atoms with Crippen molar-refractivity contribution in [3.63, 3.8) is 0 Å². The molecule has 0 unspecified atom stereocenters. The fourth-order valence-electron chi connectivity index (χ4n) is 5.82. The molecule has 3 amide bonds. The van der Waals surface area contributed by atoms with Gasteiger partial charge in [-0.15, -0.1) is 0 Å². The average Bonchev–Trinajstić information content (AvgIpc) is 3.78. The lowest BCUT2D eigenvalue weighted by Crippen LogP contribution is -2.33. The minimum absolute atomic E-state index is 0.0573. The third kappa shape index (κ3) is 7.06. The molecule has 6 rings (SSSR count). The zero-order valence-corrected chi connectivity index (χ0v) is 24.4. The van der Waals surface area contributed by atoms with E-state index >= 15 is 0 Å². The van der Waals surface area contributed by atoms with E-state index < -0.39 is 0 Å². The number of nitrogens with two attached hydrogens (primary N) is 1. The van der Waals surface area contributed by atoms with Gasteiger partial charge >= 0.3 is 0 Å². The average molecular weight is 582 g/mol. The lowest BCUT2D eigenvalue weighted by Gasteiger charge is -2.24. The second kappa shape index (κ2) is 13.0. The molecule has 224 valence electrons. The molecule has 43 heavy (non-hydrogen) atoms. The van der Waals surface area contributed by atoms with Crippen LogP contribution in [0.25, 0.3) is 0 Å². The fraction of sp³-hybridized carbons (Fsp3) is 0.382. The molecule has 0 atom stereocenters. The van der Waals surface area contributed by atoms with Gasteiger partial charge in [-0.3, -0.25) is 19.3 Å². The number of rotatable bonds is 12. The third-order valence-corrected chi connectivity index (χ3v) is 8.36. The van der Waals surface area contributed by atoms with Crippen molar-refractivity contribution >= 4 is 29.1 Å². The maximum atomic E-state index is 13.5. The van der Waals surface area contributed by atoms with Crippen LogP contribution < -0.4 is 21.1 Å². The van der Waals surface area contributed by atoms with E-state index in [2.05, 4.69) is 27.7 Å². The Morgan fingerprint density at radius 1 is 0.930 bits per heavy atom. The van der Waals surface area contributed by atoms with Gasteiger partial charge in [-0.2, -0.15) is 0 Å². The summed E-state index contributed by atoms with van der Waals surface area (Å²) < 4.78 is 5.50. The Kier molecular flexibility index (Phi) is 8.72. The van der Waals surface area contributed by atoms with Gasteiger partial charge in [0.25, 0.3) is 17.7 Å². The summed E-state index contributed by atoms with van der Waals surface area (Å²) in [6.07, 6.45) is 6.63. The number of fused-ring (bicyclic) bond motifs is 2. The van der Waals surface area contributed by atoms with Crippen LogP contribution in [0.5, 0.6) is 5.75 Å². The molecular formula is C34H39N5O4. The SMILES string of the molecule is NCCCCCCN1Cc2ccc(NC(=O)c3ccc(CN(C(=O)c4ccc5c(c4)OCC(=O)N5)C4CC4)cc3)cc2C1. The minimum atomic E-state index is -0.206. The molecule has 0 aromatic heterocycles. The number of hydrogen-bond acceptors (Lipinski definition) is 6. The van der Waals surface area contributed by atoms with Crippen molar-refractivity contribution in [1.82, 2.24) is 9.80 Å². The molecule has 3 aromatic carbocycles. The topological polar surface area (TPSA) is 117 Å². The molecule has 3 aromatic rings.